The molecule has 0 spiro atoms. The maximum atomic E-state index is 11.7. The van der Waals surface area contributed by atoms with Gasteiger partial charge in [0, 0.05) is 12.8 Å². The second kappa shape index (κ2) is 23.0. The van der Waals surface area contributed by atoms with Gasteiger partial charge in [-0.2, -0.15) is 0 Å². The number of ether oxygens (including phenoxy) is 1. The number of carbonyl (C=O) groups is 2. The fourth-order valence-corrected chi connectivity index (χ4v) is 3.32. The van der Waals surface area contributed by atoms with Crippen LogP contribution < -0.4 is 0 Å². The molecule has 0 fully saturated rings. The molecule has 4 nitrogen and oxygen atoms in total. The number of carboxylic acid groups (broad SMARTS) is 1. The van der Waals surface area contributed by atoms with Gasteiger partial charge in [0.1, 0.15) is 0 Å². The molecule has 4 heteroatoms. The van der Waals surface area contributed by atoms with Gasteiger partial charge in [-0.15, -0.1) is 0 Å². The summed E-state index contributed by atoms with van der Waals surface area (Å²) in [5.41, 5.74) is 0. The van der Waals surface area contributed by atoms with Gasteiger partial charge < -0.3 is 9.84 Å². The highest BCUT2D eigenvalue weighted by Crippen LogP contribution is 2.11. The van der Waals surface area contributed by atoms with Gasteiger partial charge in [-0.25, -0.2) is 0 Å². The van der Waals surface area contributed by atoms with Crippen molar-refractivity contribution in [2.75, 3.05) is 6.61 Å². The number of esters is 1. The molecule has 0 atom stereocenters. The van der Waals surface area contributed by atoms with E-state index in [9.17, 15) is 9.59 Å². The van der Waals surface area contributed by atoms with E-state index in [0.717, 1.165) is 51.4 Å². The summed E-state index contributed by atoms with van der Waals surface area (Å²) >= 11 is 0. The SMILES string of the molecule is CCCCC=CCCCCCCCCCC(=O)OCCCCCCCCC(=O)O. The van der Waals surface area contributed by atoms with E-state index < -0.39 is 5.97 Å². The molecule has 0 aromatic heterocycles. The molecule has 0 heterocycles. The summed E-state index contributed by atoms with van der Waals surface area (Å²) in [6.07, 6.45) is 24.9. The van der Waals surface area contributed by atoms with Crippen molar-refractivity contribution >= 4 is 11.9 Å². The minimum Gasteiger partial charge on any atom is -0.481 e. The predicted molar refractivity (Wildman–Crippen MR) is 121 cm³/mol. The van der Waals surface area contributed by atoms with E-state index in [1.807, 2.05) is 0 Å². The van der Waals surface area contributed by atoms with Gasteiger partial charge in [0.15, 0.2) is 0 Å². The maximum absolute atomic E-state index is 11.7. The van der Waals surface area contributed by atoms with Gasteiger partial charge in [-0.1, -0.05) is 89.7 Å². The second-order valence-corrected chi connectivity index (χ2v) is 8.11. The molecule has 0 aliphatic heterocycles. The summed E-state index contributed by atoms with van der Waals surface area (Å²) < 4.78 is 5.29. The van der Waals surface area contributed by atoms with Gasteiger partial charge in [0.05, 0.1) is 6.61 Å². The topological polar surface area (TPSA) is 63.6 Å². The van der Waals surface area contributed by atoms with E-state index in [0.29, 0.717) is 13.0 Å². The first-order valence-corrected chi connectivity index (χ1v) is 12.2. The minimum atomic E-state index is -0.710. The van der Waals surface area contributed by atoms with Crippen LogP contribution in [0.1, 0.15) is 129 Å². The van der Waals surface area contributed by atoms with Crippen LogP contribution in [0, 0.1) is 0 Å². The first-order chi connectivity index (χ1) is 14.2. The van der Waals surface area contributed by atoms with Crippen LogP contribution in [0.3, 0.4) is 0 Å². The van der Waals surface area contributed by atoms with Crippen LogP contribution >= 0.6 is 0 Å². The molecular formula is C25H46O4. The molecule has 0 rings (SSSR count). The fraction of sp³-hybridized carbons (Fsp3) is 0.840. The minimum absolute atomic E-state index is 0.0543. The smallest absolute Gasteiger partial charge is 0.305 e. The maximum Gasteiger partial charge on any atom is 0.305 e. The quantitative estimate of drug-likeness (QED) is 0.113. The molecule has 29 heavy (non-hydrogen) atoms. The summed E-state index contributed by atoms with van der Waals surface area (Å²) in [7, 11) is 0. The molecule has 170 valence electrons. The van der Waals surface area contributed by atoms with E-state index in [4.69, 9.17) is 9.84 Å². The van der Waals surface area contributed by atoms with Gasteiger partial charge in [0.25, 0.3) is 0 Å². The standard InChI is InChI=1S/C25H46O4/c1-2-3-4-5-6-7-8-9-10-11-12-16-19-22-25(28)29-23-20-17-14-13-15-18-21-24(26)27/h5-6H,2-4,7-23H2,1H3,(H,26,27). The molecule has 0 bridgehead atoms. The van der Waals surface area contributed by atoms with Crippen molar-refractivity contribution < 1.29 is 19.4 Å². The Bertz CT molecular complexity index is 404. The van der Waals surface area contributed by atoms with Crippen molar-refractivity contribution in [1.82, 2.24) is 0 Å². The Labute approximate surface area is 179 Å². The third-order valence-electron chi connectivity index (χ3n) is 5.19. The van der Waals surface area contributed by atoms with Gasteiger partial charge >= 0.3 is 11.9 Å². The largest absolute Gasteiger partial charge is 0.481 e. The lowest BCUT2D eigenvalue weighted by molar-refractivity contribution is -0.144. The van der Waals surface area contributed by atoms with Gasteiger partial charge in [-0.3, -0.25) is 9.59 Å². The summed E-state index contributed by atoms with van der Waals surface area (Å²) in [5.74, 6) is -0.764. The number of allylic oxidation sites excluding steroid dienone is 2. The van der Waals surface area contributed by atoms with Crippen LogP contribution in [0.2, 0.25) is 0 Å². The molecule has 0 unspecified atom stereocenters. The van der Waals surface area contributed by atoms with Crippen molar-refractivity contribution in [3.05, 3.63) is 12.2 Å². The van der Waals surface area contributed by atoms with Crippen molar-refractivity contribution in [3.63, 3.8) is 0 Å². The Morgan fingerprint density at radius 3 is 1.72 bits per heavy atom. The Hall–Kier alpha value is -1.32. The first-order valence-electron chi connectivity index (χ1n) is 12.2. The fourth-order valence-electron chi connectivity index (χ4n) is 3.32. The highest BCUT2D eigenvalue weighted by atomic mass is 16.5. The molecule has 0 saturated carbocycles. The Balaban J connectivity index is 3.20. The number of aliphatic carboxylic acids is 1. The zero-order chi connectivity index (χ0) is 21.4. The summed E-state index contributed by atoms with van der Waals surface area (Å²) in [4.78, 5) is 22.1. The highest BCUT2D eigenvalue weighted by molar-refractivity contribution is 5.69. The zero-order valence-electron chi connectivity index (χ0n) is 19.0. The molecule has 0 aromatic rings. The Morgan fingerprint density at radius 1 is 0.655 bits per heavy atom. The van der Waals surface area contributed by atoms with Gasteiger partial charge in [-0.05, 0) is 38.5 Å². The average Bonchev–Trinajstić information content (AvgIpc) is 2.70. The van der Waals surface area contributed by atoms with Crippen LogP contribution in [0.15, 0.2) is 12.2 Å². The molecular weight excluding hydrogens is 364 g/mol. The molecule has 0 aliphatic carbocycles. The van der Waals surface area contributed by atoms with E-state index >= 15 is 0 Å². The third-order valence-corrected chi connectivity index (χ3v) is 5.19. The number of unbranched alkanes of at least 4 members (excludes halogenated alkanes) is 14. The summed E-state index contributed by atoms with van der Waals surface area (Å²) in [6.45, 7) is 2.76. The van der Waals surface area contributed by atoms with Crippen molar-refractivity contribution in [1.29, 1.82) is 0 Å². The monoisotopic (exact) mass is 410 g/mol. The van der Waals surface area contributed by atoms with Crippen LogP contribution in [0.25, 0.3) is 0 Å². The number of carboxylic acids is 1. The number of carbonyl (C=O) groups excluding carboxylic acids is 1. The Morgan fingerprint density at radius 2 is 1.14 bits per heavy atom. The highest BCUT2D eigenvalue weighted by Gasteiger charge is 2.02. The lowest BCUT2D eigenvalue weighted by atomic mass is 10.1. The van der Waals surface area contributed by atoms with Crippen LogP contribution in [-0.4, -0.2) is 23.7 Å². The van der Waals surface area contributed by atoms with Crippen molar-refractivity contribution in [2.24, 2.45) is 0 Å². The molecule has 1 N–H and O–H groups in total. The predicted octanol–water partition coefficient (Wildman–Crippen LogP) is 7.60. The van der Waals surface area contributed by atoms with Gasteiger partial charge in [0.2, 0.25) is 0 Å². The van der Waals surface area contributed by atoms with Crippen LogP contribution in [-0.2, 0) is 14.3 Å². The van der Waals surface area contributed by atoms with E-state index in [2.05, 4.69) is 19.1 Å². The molecule has 0 radical (unpaired) electrons. The first kappa shape index (κ1) is 27.7. The number of rotatable bonds is 22. The van der Waals surface area contributed by atoms with Crippen LogP contribution in [0.4, 0.5) is 0 Å². The normalized spacial score (nSPS) is 11.2. The van der Waals surface area contributed by atoms with Crippen molar-refractivity contribution in [3.8, 4) is 0 Å². The lowest BCUT2D eigenvalue weighted by Gasteiger charge is -2.05. The molecule has 0 aromatic carbocycles. The molecule has 0 aliphatic rings. The van der Waals surface area contributed by atoms with E-state index in [1.54, 1.807) is 0 Å². The molecule has 0 saturated heterocycles. The number of hydrogen-bond donors (Lipinski definition) is 1. The average molecular weight is 411 g/mol. The molecule has 0 amide bonds. The Kier molecular flexibility index (Phi) is 21.9. The van der Waals surface area contributed by atoms with Crippen molar-refractivity contribution in [2.45, 2.75) is 129 Å². The van der Waals surface area contributed by atoms with E-state index in [1.165, 1.54) is 57.8 Å². The summed E-state index contributed by atoms with van der Waals surface area (Å²) in [6, 6.07) is 0. The lowest BCUT2D eigenvalue weighted by Crippen LogP contribution is -2.05. The zero-order valence-corrected chi connectivity index (χ0v) is 19.0. The second-order valence-electron chi connectivity index (χ2n) is 8.11. The number of hydrogen-bond acceptors (Lipinski definition) is 3. The summed E-state index contributed by atoms with van der Waals surface area (Å²) in [5, 5.41) is 8.56. The van der Waals surface area contributed by atoms with E-state index in [-0.39, 0.29) is 12.4 Å². The third kappa shape index (κ3) is 24.6. The van der Waals surface area contributed by atoms with Crippen LogP contribution in [0.5, 0.6) is 0 Å².